The van der Waals surface area contributed by atoms with Crippen LogP contribution >= 0.6 is 11.3 Å². The van der Waals surface area contributed by atoms with Crippen LogP contribution in [0.5, 0.6) is 0 Å². The van der Waals surface area contributed by atoms with E-state index in [-0.39, 0.29) is 0 Å². The summed E-state index contributed by atoms with van der Waals surface area (Å²) in [6.45, 7) is 9.82. The Bertz CT molecular complexity index is 510. The van der Waals surface area contributed by atoms with E-state index in [2.05, 4.69) is 68.0 Å². The van der Waals surface area contributed by atoms with Crippen LogP contribution in [-0.4, -0.2) is 0 Å². The number of nitrogens with one attached hydrogen (secondary N) is 1. The van der Waals surface area contributed by atoms with Crippen LogP contribution in [0, 0.1) is 6.92 Å². The van der Waals surface area contributed by atoms with Gasteiger partial charge in [-0.15, -0.1) is 0 Å². The van der Waals surface area contributed by atoms with Crippen LogP contribution in [0.25, 0.3) is 0 Å². The molecule has 1 N–H and O–H groups in total. The molecule has 2 heteroatoms. The Kier molecular flexibility index (Phi) is 4.78. The smallest absolute Gasteiger partial charge is 0.0294 e. The van der Waals surface area contributed by atoms with E-state index < -0.39 is 0 Å². The Morgan fingerprint density at radius 1 is 1.00 bits per heavy atom. The highest BCUT2D eigenvalue weighted by Crippen LogP contribution is 2.20. The van der Waals surface area contributed by atoms with Gasteiger partial charge in [0.25, 0.3) is 0 Å². The summed E-state index contributed by atoms with van der Waals surface area (Å²) in [5, 5.41) is 8.04. The SMILES string of the molecule is Cc1cscc1CNC(C)c1ccc(C(C)C)cc1. The Morgan fingerprint density at radius 3 is 2.16 bits per heavy atom. The molecule has 1 atom stereocenters. The van der Waals surface area contributed by atoms with E-state index in [0.717, 1.165) is 6.54 Å². The molecule has 19 heavy (non-hydrogen) atoms. The molecule has 0 aliphatic rings. The van der Waals surface area contributed by atoms with Crippen LogP contribution in [-0.2, 0) is 6.54 Å². The minimum atomic E-state index is 0.389. The van der Waals surface area contributed by atoms with Gasteiger partial charge in [-0.05, 0) is 52.8 Å². The molecule has 2 rings (SSSR count). The number of hydrogen-bond donors (Lipinski definition) is 1. The summed E-state index contributed by atoms with van der Waals surface area (Å²) in [5.74, 6) is 0.603. The predicted octanol–water partition coefficient (Wildman–Crippen LogP) is 5.03. The number of hydrogen-bond acceptors (Lipinski definition) is 2. The standard InChI is InChI=1S/C17H23NS/c1-12(2)15-5-7-16(8-6-15)14(4)18-9-17-11-19-10-13(17)3/h5-8,10-12,14,18H,9H2,1-4H3. The maximum absolute atomic E-state index is 3.60. The molecular formula is C17H23NS. The van der Waals surface area contributed by atoms with Gasteiger partial charge in [0.2, 0.25) is 0 Å². The minimum absolute atomic E-state index is 0.389. The van der Waals surface area contributed by atoms with Gasteiger partial charge in [-0.25, -0.2) is 0 Å². The van der Waals surface area contributed by atoms with Gasteiger partial charge in [0.15, 0.2) is 0 Å². The van der Waals surface area contributed by atoms with E-state index in [1.165, 1.54) is 22.3 Å². The van der Waals surface area contributed by atoms with Crippen molar-refractivity contribution in [3.8, 4) is 0 Å². The van der Waals surface area contributed by atoms with Crippen molar-refractivity contribution >= 4 is 11.3 Å². The van der Waals surface area contributed by atoms with E-state index in [1.807, 2.05) is 0 Å². The maximum Gasteiger partial charge on any atom is 0.0294 e. The van der Waals surface area contributed by atoms with Gasteiger partial charge in [0, 0.05) is 12.6 Å². The molecule has 0 spiro atoms. The molecule has 1 unspecified atom stereocenters. The van der Waals surface area contributed by atoms with E-state index in [4.69, 9.17) is 0 Å². The average molecular weight is 273 g/mol. The molecule has 0 radical (unpaired) electrons. The van der Waals surface area contributed by atoms with Crippen molar-refractivity contribution in [2.75, 3.05) is 0 Å². The van der Waals surface area contributed by atoms with Crippen LogP contribution in [0.4, 0.5) is 0 Å². The average Bonchev–Trinajstić information content (AvgIpc) is 2.81. The molecule has 0 aliphatic heterocycles. The quantitative estimate of drug-likeness (QED) is 0.805. The van der Waals surface area contributed by atoms with Crippen LogP contribution in [0.15, 0.2) is 35.0 Å². The fourth-order valence-corrected chi connectivity index (χ4v) is 2.98. The summed E-state index contributed by atoms with van der Waals surface area (Å²) in [4.78, 5) is 0. The molecule has 0 fully saturated rings. The van der Waals surface area contributed by atoms with Gasteiger partial charge in [0.1, 0.15) is 0 Å². The van der Waals surface area contributed by atoms with Gasteiger partial charge in [-0.1, -0.05) is 38.1 Å². The first-order chi connectivity index (χ1) is 9.08. The highest BCUT2D eigenvalue weighted by atomic mass is 32.1. The highest BCUT2D eigenvalue weighted by Gasteiger charge is 2.07. The first-order valence-electron chi connectivity index (χ1n) is 6.93. The molecule has 102 valence electrons. The zero-order valence-electron chi connectivity index (χ0n) is 12.2. The third kappa shape index (κ3) is 3.68. The summed E-state index contributed by atoms with van der Waals surface area (Å²) in [6.07, 6.45) is 0. The molecule has 1 nitrogen and oxygen atoms in total. The molecule has 0 amide bonds. The lowest BCUT2D eigenvalue weighted by atomic mass is 9.99. The van der Waals surface area contributed by atoms with E-state index >= 15 is 0 Å². The minimum Gasteiger partial charge on any atom is -0.306 e. The second-order valence-corrected chi connectivity index (χ2v) is 6.25. The topological polar surface area (TPSA) is 12.0 Å². The lowest BCUT2D eigenvalue weighted by Crippen LogP contribution is -2.18. The van der Waals surface area contributed by atoms with Gasteiger partial charge in [-0.2, -0.15) is 11.3 Å². The van der Waals surface area contributed by atoms with Crippen molar-refractivity contribution < 1.29 is 0 Å². The third-order valence-corrected chi connectivity index (χ3v) is 4.57. The van der Waals surface area contributed by atoms with Crippen molar-refractivity contribution in [2.45, 2.75) is 46.2 Å². The second kappa shape index (κ2) is 6.36. The lowest BCUT2D eigenvalue weighted by molar-refractivity contribution is 0.574. The van der Waals surface area contributed by atoms with E-state index in [9.17, 15) is 0 Å². The first-order valence-corrected chi connectivity index (χ1v) is 7.87. The summed E-state index contributed by atoms with van der Waals surface area (Å²) < 4.78 is 0. The number of aryl methyl sites for hydroxylation is 1. The molecule has 2 aromatic rings. The molecule has 0 saturated heterocycles. The molecular weight excluding hydrogens is 250 g/mol. The Labute approximate surface area is 120 Å². The van der Waals surface area contributed by atoms with E-state index in [0.29, 0.717) is 12.0 Å². The molecule has 0 aliphatic carbocycles. The van der Waals surface area contributed by atoms with E-state index in [1.54, 1.807) is 11.3 Å². The van der Waals surface area contributed by atoms with Crippen LogP contribution in [0.3, 0.4) is 0 Å². The lowest BCUT2D eigenvalue weighted by Gasteiger charge is -2.15. The number of benzene rings is 1. The largest absolute Gasteiger partial charge is 0.306 e. The molecule has 1 aromatic carbocycles. The first kappa shape index (κ1) is 14.3. The number of thiophene rings is 1. The van der Waals surface area contributed by atoms with Crippen molar-refractivity contribution in [2.24, 2.45) is 0 Å². The van der Waals surface area contributed by atoms with Crippen LogP contribution < -0.4 is 5.32 Å². The summed E-state index contributed by atoms with van der Waals surface area (Å²) >= 11 is 1.78. The van der Waals surface area contributed by atoms with Gasteiger partial charge < -0.3 is 5.32 Å². The Balaban J connectivity index is 1.96. The second-order valence-electron chi connectivity index (χ2n) is 5.50. The summed E-state index contributed by atoms with van der Waals surface area (Å²) in [6, 6.07) is 9.36. The maximum atomic E-state index is 3.60. The van der Waals surface area contributed by atoms with Crippen molar-refractivity contribution in [3.05, 3.63) is 57.3 Å². The Hall–Kier alpha value is -1.12. The van der Waals surface area contributed by atoms with Gasteiger partial charge in [-0.3, -0.25) is 0 Å². The number of rotatable bonds is 5. The van der Waals surface area contributed by atoms with Crippen LogP contribution in [0.1, 0.15) is 55.0 Å². The normalized spacial score (nSPS) is 12.9. The monoisotopic (exact) mass is 273 g/mol. The third-order valence-electron chi connectivity index (χ3n) is 3.66. The molecule has 0 saturated carbocycles. The molecule has 0 bridgehead atoms. The van der Waals surface area contributed by atoms with Crippen molar-refractivity contribution in [1.82, 2.24) is 5.32 Å². The predicted molar refractivity (Wildman–Crippen MR) is 84.8 cm³/mol. The zero-order chi connectivity index (χ0) is 13.8. The summed E-state index contributed by atoms with van der Waals surface area (Å²) in [5.41, 5.74) is 5.57. The fraction of sp³-hybridized carbons (Fsp3) is 0.412. The zero-order valence-corrected chi connectivity index (χ0v) is 13.1. The molecule has 1 aromatic heterocycles. The Morgan fingerprint density at radius 2 is 1.63 bits per heavy atom. The van der Waals surface area contributed by atoms with Crippen molar-refractivity contribution in [3.63, 3.8) is 0 Å². The van der Waals surface area contributed by atoms with Crippen molar-refractivity contribution in [1.29, 1.82) is 0 Å². The summed E-state index contributed by atoms with van der Waals surface area (Å²) in [7, 11) is 0. The fourth-order valence-electron chi connectivity index (χ4n) is 2.12. The van der Waals surface area contributed by atoms with Crippen LogP contribution in [0.2, 0.25) is 0 Å². The van der Waals surface area contributed by atoms with Gasteiger partial charge >= 0.3 is 0 Å². The molecule has 1 heterocycles. The van der Waals surface area contributed by atoms with Gasteiger partial charge in [0.05, 0.1) is 0 Å². The highest BCUT2D eigenvalue weighted by molar-refractivity contribution is 7.08.